The average molecular weight is 292 g/mol. The van der Waals surface area contributed by atoms with Gasteiger partial charge in [0.1, 0.15) is 0 Å². The number of hydrogen-bond acceptors (Lipinski definition) is 4. The molecule has 0 atom stereocenters. The first kappa shape index (κ1) is 15.6. The Morgan fingerprint density at radius 2 is 1.76 bits per heavy atom. The van der Waals surface area contributed by atoms with Crippen LogP contribution in [0.5, 0.6) is 11.5 Å². The molecule has 5 heteroatoms. The largest absolute Gasteiger partial charge is 0.504 e. The van der Waals surface area contributed by atoms with Gasteiger partial charge in [-0.2, -0.15) is 0 Å². The van der Waals surface area contributed by atoms with Gasteiger partial charge >= 0.3 is 0 Å². The number of carbonyl (C=O) groups is 1. The van der Waals surface area contributed by atoms with E-state index in [4.69, 9.17) is 0 Å². The highest BCUT2D eigenvalue weighted by atomic mass is 16.3. The van der Waals surface area contributed by atoms with Crippen LogP contribution in [0.1, 0.15) is 48.9 Å². The number of benzene rings is 1. The number of aromatic hydroxyl groups is 2. The molecule has 1 aromatic rings. The zero-order chi connectivity index (χ0) is 15.1. The summed E-state index contributed by atoms with van der Waals surface area (Å²) in [6.07, 6.45) is 7.69. The van der Waals surface area contributed by atoms with E-state index in [1.165, 1.54) is 56.7 Å². The summed E-state index contributed by atoms with van der Waals surface area (Å²) in [7, 11) is 0. The summed E-state index contributed by atoms with van der Waals surface area (Å²) >= 11 is 0. The fraction of sp³-hybridized carbons (Fsp3) is 0.562. The van der Waals surface area contributed by atoms with Gasteiger partial charge in [-0.3, -0.25) is 4.79 Å². The van der Waals surface area contributed by atoms with Gasteiger partial charge in [-0.25, -0.2) is 0 Å². The van der Waals surface area contributed by atoms with Crippen LogP contribution < -0.4 is 10.6 Å². The monoisotopic (exact) mass is 292 g/mol. The molecule has 0 unspecified atom stereocenters. The van der Waals surface area contributed by atoms with Crippen LogP contribution in [0.4, 0.5) is 0 Å². The van der Waals surface area contributed by atoms with E-state index < -0.39 is 0 Å². The number of carbonyl (C=O) groups excluding carboxylic acids is 1. The van der Waals surface area contributed by atoms with Gasteiger partial charge in [0.2, 0.25) is 0 Å². The van der Waals surface area contributed by atoms with Crippen molar-refractivity contribution < 1.29 is 15.0 Å². The maximum atomic E-state index is 11.9. The second-order valence-electron chi connectivity index (χ2n) is 5.60. The Kier molecular flexibility index (Phi) is 5.87. The molecule has 1 aromatic carbocycles. The van der Waals surface area contributed by atoms with Crippen LogP contribution in [-0.2, 0) is 0 Å². The van der Waals surface area contributed by atoms with E-state index in [0.717, 1.165) is 6.54 Å². The van der Waals surface area contributed by atoms with E-state index in [-0.39, 0.29) is 17.4 Å². The van der Waals surface area contributed by atoms with Gasteiger partial charge in [-0.05, 0) is 31.0 Å². The highest BCUT2D eigenvalue weighted by molar-refractivity contribution is 5.94. The number of hydrogen-bond donors (Lipinski definition) is 4. The number of rotatable bonds is 5. The van der Waals surface area contributed by atoms with Crippen LogP contribution in [0.25, 0.3) is 0 Å². The molecule has 0 aromatic heterocycles. The first-order chi connectivity index (χ1) is 10.2. The van der Waals surface area contributed by atoms with Crippen molar-refractivity contribution in [1.82, 2.24) is 10.6 Å². The van der Waals surface area contributed by atoms with Crippen molar-refractivity contribution in [2.24, 2.45) is 0 Å². The van der Waals surface area contributed by atoms with E-state index in [0.29, 0.717) is 18.2 Å². The van der Waals surface area contributed by atoms with Crippen molar-refractivity contribution in [1.29, 1.82) is 0 Å². The van der Waals surface area contributed by atoms with Crippen molar-refractivity contribution in [2.45, 2.75) is 44.6 Å². The summed E-state index contributed by atoms with van der Waals surface area (Å²) in [4.78, 5) is 11.9. The molecule has 1 aliphatic carbocycles. The van der Waals surface area contributed by atoms with Crippen LogP contribution in [0.3, 0.4) is 0 Å². The molecule has 2 rings (SSSR count). The van der Waals surface area contributed by atoms with Crippen molar-refractivity contribution >= 4 is 5.91 Å². The second kappa shape index (κ2) is 7.88. The molecule has 0 radical (unpaired) electrons. The summed E-state index contributed by atoms with van der Waals surface area (Å²) in [6, 6.07) is 4.64. The molecular weight excluding hydrogens is 268 g/mol. The molecule has 1 saturated carbocycles. The van der Waals surface area contributed by atoms with Crippen molar-refractivity contribution in [3.05, 3.63) is 23.8 Å². The predicted octanol–water partition coefficient (Wildman–Crippen LogP) is 2.14. The first-order valence-electron chi connectivity index (χ1n) is 7.70. The van der Waals surface area contributed by atoms with Crippen LogP contribution >= 0.6 is 0 Å². The molecule has 1 aliphatic rings. The molecule has 1 amide bonds. The number of amides is 1. The highest BCUT2D eigenvalue weighted by Crippen LogP contribution is 2.24. The zero-order valence-electron chi connectivity index (χ0n) is 12.3. The fourth-order valence-corrected chi connectivity index (χ4v) is 2.70. The molecule has 0 heterocycles. The minimum Gasteiger partial charge on any atom is -0.504 e. The lowest BCUT2D eigenvalue weighted by Crippen LogP contribution is -2.36. The van der Waals surface area contributed by atoms with Gasteiger partial charge in [0, 0.05) is 24.7 Å². The SMILES string of the molecule is O=C(NCCNC1CCCCCC1)c1ccc(O)c(O)c1. The number of phenols is 2. The molecular formula is C16H24N2O3. The Morgan fingerprint density at radius 1 is 1.05 bits per heavy atom. The van der Waals surface area contributed by atoms with Gasteiger partial charge < -0.3 is 20.8 Å². The normalized spacial score (nSPS) is 16.4. The van der Waals surface area contributed by atoms with E-state index in [1.807, 2.05) is 0 Å². The Labute approximate surface area is 125 Å². The van der Waals surface area contributed by atoms with Gasteiger partial charge in [-0.15, -0.1) is 0 Å². The third kappa shape index (κ3) is 4.93. The lowest BCUT2D eigenvalue weighted by atomic mass is 10.1. The summed E-state index contributed by atoms with van der Waals surface area (Å²) in [5, 5.41) is 24.9. The summed E-state index contributed by atoms with van der Waals surface area (Å²) in [5.74, 6) is -0.742. The Bertz CT molecular complexity index is 469. The van der Waals surface area contributed by atoms with E-state index in [2.05, 4.69) is 10.6 Å². The van der Waals surface area contributed by atoms with Crippen LogP contribution in [0.2, 0.25) is 0 Å². The minimum absolute atomic E-state index is 0.221. The number of phenolic OH excluding ortho intramolecular Hbond substituents is 2. The minimum atomic E-state index is -0.278. The Morgan fingerprint density at radius 3 is 2.43 bits per heavy atom. The Hall–Kier alpha value is -1.75. The molecule has 116 valence electrons. The fourth-order valence-electron chi connectivity index (χ4n) is 2.70. The van der Waals surface area contributed by atoms with Crippen molar-refractivity contribution in [3.8, 4) is 11.5 Å². The molecule has 5 nitrogen and oxygen atoms in total. The highest BCUT2D eigenvalue weighted by Gasteiger charge is 2.12. The van der Waals surface area contributed by atoms with E-state index in [9.17, 15) is 15.0 Å². The lowest BCUT2D eigenvalue weighted by molar-refractivity contribution is 0.0953. The molecule has 0 spiro atoms. The smallest absolute Gasteiger partial charge is 0.251 e. The molecule has 4 N–H and O–H groups in total. The second-order valence-corrected chi connectivity index (χ2v) is 5.60. The van der Waals surface area contributed by atoms with Gasteiger partial charge in [-0.1, -0.05) is 25.7 Å². The van der Waals surface area contributed by atoms with Gasteiger partial charge in [0.25, 0.3) is 5.91 Å². The molecule has 0 aliphatic heterocycles. The van der Waals surface area contributed by atoms with E-state index in [1.54, 1.807) is 0 Å². The average Bonchev–Trinajstić information content (AvgIpc) is 2.75. The molecule has 21 heavy (non-hydrogen) atoms. The van der Waals surface area contributed by atoms with E-state index >= 15 is 0 Å². The summed E-state index contributed by atoms with van der Waals surface area (Å²) in [5.41, 5.74) is 0.347. The number of nitrogens with one attached hydrogen (secondary N) is 2. The lowest BCUT2D eigenvalue weighted by Gasteiger charge is -2.16. The molecule has 0 bridgehead atoms. The van der Waals surface area contributed by atoms with Gasteiger partial charge in [0.05, 0.1) is 0 Å². The van der Waals surface area contributed by atoms with Crippen LogP contribution in [0.15, 0.2) is 18.2 Å². The summed E-state index contributed by atoms with van der Waals surface area (Å²) < 4.78 is 0. The topological polar surface area (TPSA) is 81.6 Å². The molecule has 1 fully saturated rings. The summed E-state index contributed by atoms with van der Waals surface area (Å²) in [6.45, 7) is 1.30. The van der Waals surface area contributed by atoms with Crippen LogP contribution in [-0.4, -0.2) is 35.3 Å². The van der Waals surface area contributed by atoms with Crippen molar-refractivity contribution in [3.63, 3.8) is 0 Å². The third-order valence-electron chi connectivity index (χ3n) is 3.94. The maximum Gasteiger partial charge on any atom is 0.251 e. The quantitative estimate of drug-likeness (QED) is 0.381. The third-order valence-corrected chi connectivity index (χ3v) is 3.94. The Balaban J connectivity index is 1.70. The molecule has 0 saturated heterocycles. The zero-order valence-corrected chi connectivity index (χ0v) is 12.3. The first-order valence-corrected chi connectivity index (χ1v) is 7.70. The van der Waals surface area contributed by atoms with Gasteiger partial charge in [0.15, 0.2) is 11.5 Å². The van der Waals surface area contributed by atoms with Crippen molar-refractivity contribution in [2.75, 3.05) is 13.1 Å². The van der Waals surface area contributed by atoms with Crippen LogP contribution in [0, 0.1) is 0 Å². The predicted molar refractivity (Wildman–Crippen MR) is 81.6 cm³/mol. The standard InChI is InChI=1S/C16H24N2O3/c19-14-8-7-12(11-15(14)20)16(21)18-10-9-17-13-5-3-1-2-4-6-13/h7-8,11,13,17,19-20H,1-6,9-10H2,(H,18,21). The maximum absolute atomic E-state index is 11.9.